The molecule has 0 aliphatic carbocycles. The molecule has 1 radical (unpaired) electrons. The van der Waals surface area contributed by atoms with Crippen molar-refractivity contribution in [2.75, 3.05) is 0 Å². The summed E-state index contributed by atoms with van der Waals surface area (Å²) in [5.74, 6) is 0. The van der Waals surface area contributed by atoms with Gasteiger partial charge in [-0.3, -0.25) is 0 Å². The summed E-state index contributed by atoms with van der Waals surface area (Å²) in [5.41, 5.74) is 0. The Morgan fingerprint density at radius 3 is 1.14 bits per heavy atom. The van der Waals surface area contributed by atoms with Crippen molar-refractivity contribution in [1.82, 2.24) is 0 Å². The van der Waals surface area contributed by atoms with Gasteiger partial charge in [-0.2, -0.15) is 0 Å². The van der Waals surface area contributed by atoms with E-state index in [0.717, 1.165) is 0 Å². The zero-order chi connectivity index (χ0) is 4.50. The first-order chi connectivity index (χ1) is 2.00. The second-order valence-electron chi connectivity index (χ2n) is 0.415. The molecule has 0 aromatic heterocycles. The third kappa shape index (κ3) is 165. The molecule has 7 heteroatoms. The van der Waals surface area contributed by atoms with E-state index in [1.807, 2.05) is 0 Å². The molecule has 4 nitrogen and oxygen atoms in total. The quantitative estimate of drug-likeness (QED) is 0.511. The Morgan fingerprint density at radius 2 is 1.14 bits per heavy atom. The summed E-state index contributed by atoms with van der Waals surface area (Å²) >= 11 is -5.12. The number of hydrogen-bond acceptors (Lipinski definition) is 2. The predicted molar refractivity (Wildman–Crippen MR) is 5.81 cm³/mol. The minimum atomic E-state index is -5.12. The summed E-state index contributed by atoms with van der Waals surface area (Å²) in [5, 5.41) is 0. The summed E-state index contributed by atoms with van der Waals surface area (Å²) in [7, 11) is 0. The fourth-order valence-corrected chi connectivity index (χ4v) is 0. The van der Waals surface area contributed by atoms with Crippen molar-refractivity contribution in [1.29, 1.82) is 0 Å². The molecule has 0 saturated heterocycles. The summed E-state index contributed by atoms with van der Waals surface area (Å²) < 4.78 is 31.8. The molecule has 0 aromatic carbocycles. The van der Waals surface area contributed by atoms with Gasteiger partial charge in [0.25, 0.3) is 0 Å². The molecular weight excluding hydrogens is 237 g/mol. The normalized spacial score (nSPS) is 8.29. The van der Waals surface area contributed by atoms with Crippen LogP contribution in [0.5, 0.6) is 0 Å². The van der Waals surface area contributed by atoms with Crippen LogP contribution in [0.15, 0.2) is 0 Å². The molecule has 0 amide bonds. The molecule has 0 unspecified atom stereocenters. The maximum absolute atomic E-state index is 8.80. The fraction of sp³-hybridized carbons (Fsp3) is 0. The second kappa shape index (κ2) is 5.18. The molecule has 7 heavy (non-hydrogen) atoms. The molecule has 0 saturated carbocycles. The van der Waals surface area contributed by atoms with Gasteiger partial charge in [0.1, 0.15) is 0 Å². The summed E-state index contributed by atoms with van der Waals surface area (Å²) in [6.07, 6.45) is 0. The van der Waals surface area contributed by atoms with E-state index in [4.69, 9.17) is 16.0 Å². The van der Waals surface area contributed by atoms with Crippen LogP contribution in [0.3, 0.4) is 0 Å². The molecule has 0 aliphatic heterocycles. The molecule has 0 rings (SSSR count). The van der Waals surface area contributed by atoms with E-state index in [-0.39, 0.29) is 33.3 Å². The first-order valence-corrected chi connectivity index (χ1v) is 2.67. The van der Waals surface area contributed by atoms with E-state index in [0.29, 0.717) is 0 Å². The predicted octanol–water partition coefficient (Wildman–Crippen LogP) is -1.36. The van der Waals surface area contributed by atoms with Crippen molar-refractivity contribution in [2.24, 2.45) is 0 Å². The van der Waals surface area contributed by atoms with Gasteiger partial charge in [0.15, 0.2) is 0 Å². The van der Waals surface area contributed by atoms with Gasteiger partial charge in [-0.15, -0.1) is 0 Å². The van der Waals surface area contributed by atoms with Crippen LogP contribution in [0.1, 0.15) is 0 Å². The Kier molecular flexibility index (Phi) is 11.6. The molecule has 0 bridgehead atoms. The molecule has 0 fully saturated rings. The van der Waals surface area contributed by atoms with E-state index in [1.165, 1.54) is 0 Å². The van der Waals surface area contributed by atoms with Crippen molar-refractivity contribution in [3.05, 3.63) is 0 Å². The van der Waals surface area contributed by atoms with Crippen molar-refractivity contribution < 1.29 is 62.7 Å². The molecule has 52 valence electrons. The van der Waals surface area contributed by atoms with Crippen LogP contribution < -0.4 is 0 Å². The van der Waals surface area contributed by atoms with Crippen molar-refractivity contribution in [3.63, 3.8) is 0 Å². The molecular formula is H2CoMnNiO4. The maximum atomic E-state index is 8.80. The Bertz CT molecular complexity index is 94.9. The zero-order valence-electron chi connectivity index (χ0n) is 2.74. The van der Waals surface area contributed by atoms with E-state index < -0.39 is 13.4 Å². The molecule has 2 N–H and O–H groups in total. The average molecular weight is 239 g/mol. The van der Waals surface area contributed by atoms with Gasteiger partial charge < -0.3 is 0 Å². The molecule has 0 aromatic rings. The van der Waals surface area contributed by atoms with E-state index in [9.17, 15) is 0 Å². The third-order valence-electron chi connectivity index (χ3n) is 0. The molecule has 0 atom stereocenters. The fourth-order valence-electron chi connectivity index (χ4n) is 0. The van der Waals surface area contributed by atoms with Gasteiger partial charge in [0, 0.05) is 33.3 Å². The minimum absolute atomic E-state index is 0. The van der Waals surface area contributed by atoms with Crippen LogP contribution in [0, 0.1) is 0 Å². The Morgan fingerprint density at radius 1 is 1.14 bits per heavy atom. The first kappa shape index (κ1) is 15.7. The van der Waals surface area contributed by atoms with Gasteiger partial charge >= 0.3 is 29.4 Å². The van der Waals surface area contributed by atoms with Crippen LogP contribution in [-0.4, -0.2) is 8.38 Å². The Labute approximate surface area is 62.7 Å². The van der Waals surface area contributed by atoms with Crippen molar-refractivity contribution >= 4 is 0 Å². The summed E-state index contributed by atoms with van der Waals surface area (Å²) in [4.78, 5) is 0. The molecule has 0 aliphatic rings. The van der Waals surface area contributed by atoms with Crippen LogP contribution in [0.4, 0.5) is 0 Å². The first-order valence-electron chi connectivity index (χ1n) is 0.647. The second-order valence-corrected chi connectivity index (χ2v) is 1.71. The molecule has 0 spiro atoms. The van der Waals surface area contributed by atoms with Gasteiger partial charge in [-0.05, 0) is 0 Å². The van der Waals surface area contributed by atoms with Gasteiger partial charge in [-0.1, -0.05) is 0 Å². The van der Waals surface area contributed by atoms with Crippen molar-refractivity contribution in [2.45, 2.75) is 0 Å². The monoisotopic (exact) mass is 238 g/mol. The van der Waals surface area contributed by atoms with Gasteiger partial charge in [0.05, 0.1) is 0 Å². The van der Waals surface area contributed by atoms with E-state index in [1.54, 1.807) is 0 Å². The Balaban J connectivity index is -0.0000000800. The van der Waals surface area contributed by atoms with Crippen molar-refractivity contribution in [3.8, 4) is 0 Å². The van der Waals surface area contributed by atoms with Crippen LogP contribution in [0.25, 0.3) is 0 Å². The van der Waals surface area contributed by atoms with Gasteiger partial charge in [-0.25, -0.2) is 0 Å². The Hall–Kier alpha value is 1.04. The summed E-state index contributed by atoms with van der Waals surface area (Å²) in [6, 6.07) is 0. The van der Waals surface area contributed by atoms with Crippen LogP contribution in [-0.2, 0) is 54.3 Å². The number of hydrogen-bond donors (Lipinski definition) is 2. The SMILES string of the molecule is [Co].[Ni].[O]=[Mn](=[O])([OH])[OH]. The van der Waals surface area contributed by atoms with Crippen LogP contribution >= 0.6 is 0 Å². The third-order valence-corrected chi connectivity index (χ3v) is 0. The van der Waals surface area contributed by atoms with E-state index >= 15 is 0 Å². The van der Waals surface area contributed by atoms with Crippen LogP contribution in [0.2, 0.25) is 0 Å². The van der Waals surface area contributed by atoms with E-state index in [2.05, 4.69) is 0 Å². The zero-order valence-corrected chi connectivity index (χ0v) is 5.95. The van der Waals surface area contributed by atoms with Gasteiger partial charge in [0.2, 0.25) is 0 Å². The standard InChI is InChI=1S/Co.Mn.Ni.2H2O.2O/h;;;2*1H2;;/q;+2;;;;;/p-2. The average Bonchev–Trinajstić information content (AvgIpc) is 0.722. The topological polar surface area (TPSA) is 74.6 Å². The summed E-state index contributed by atoms with van der Waals surface area (Å²) in [6.45, 7) is 0. The molecule has 0 heterocycles. The number of rotatable bonds is 0.